The Kier molecular flexibility index (Phi) is 3.35. The molecule has 0 bridgehead atoms. The van der Waals surface area contributed by atoms with Crippen LogP contribution in [0.15, 0.2) is 12.2 Å². The Labute approximate surface area is 86.3 Å². The van der Waals surface area contributed by atoms with Crippen LogP contribution in [0.4, 0.5) is 0 Å². The van der Waals surface area contributed by atoms with Crippen molar-refractivity contribution >= 4 is 5.97 Å². The standard InChI is InChI=1S/C12H20O2/c1-5-12(6-2,10-7-8-10)14-11(13)9(3)4/h10H,3,5-8H2,1-2,4H3. The molecular weight excluding hydrogens is 176 g/mol. The third kappa shape index (κ3) is 2.17. The predicted octanol–water partition coefficient (Wildman–Crippen LogP) is 3.07. The molecule has 0 spiro atoms. The van der Waals surface area contributed by atoms with Gasteiger partial charge in [0.1, 0.15) is 5.60 Å². The third-order valence-electron chi connectivity index (χ3n) is 3.16. The topological polar surface area (TPSA) is 26.3 Å². The molecule has 1 rings (SSSR count). The van der Waals surface area contributed by atoms with E-state index in [-0.39, 0.29) is 11.6 Å². The smallest absolute Gasteiger partial charge is 0.333 e. The summed E-state index contributed by atoms with van der Waals surface area (Å²) in [5, 5.41) is 0. The fourth-order valence-electron chi connectivity index (χ4n) is 1.94. The van der Waals surface area contributed by atoms with Gasteiger partial charge in [-0.1, -0.05) is 20.4 Å². The highest BCUT2D eigenvalue weighted by Gasteiger charge is 2.45. The Morgan fingerprint density at radius 3 is 2.21 bits per heavy atom. The minimum atomic E-state index is -0.236. The number of carbonyl (C=O) groups is 1. The summed E-state index contributed by atoms with van der Waals surface area (Å²) in [6.45, 7) is 9.49. The molecule has 80 valence electrons. The molecule has 0 unspecified atom stereocenters. The van der Waals surface area contributed by atoms with Gasteiger partial charge in [0.25, 0.3) is 0 Å². The monoisotopic (exact) mass is 196 g/mol. The highest BCUT2D eigenvalue weighted by molar-refractivity contribution is 5.87. The zero-order chi connectivity index (χ0) is 10.8. The van der Waals surface area contributed by atoms with Crippen molar-refractivity contribution < 1.29 is 9.53 Å². The van der Waals surface area contributed by atoms with Gasteiger partial charge in [-0.05, 0) is 38.5 Å². The van der Waals surface area contributed by atoms with Gasteiger partial charge < -0.3 is 4.74 Å². The fraction of sp³-hybridized carbons (Fsp3) is 0.750. The van der Waals surface area contributed by atoms with E-state index in [1.807, 2.05) is 0 Å². The van der Waals surface area contributed by atoms with Crippen molar-refractivity contribution in [2.45, 2.75) is 52.1 Å². The minimum Gasteiger partial charge on any atom is -0.455 e. The predicted molar refractivity (Wildman–Crippen MR) is 56.9 cm³/mol. The number of esters is 1. The highest BCUT2D eigenvalue weighted by Crippen LogP contribution is 2.46. The second kappa shape index (κ2) is 4.16. The van der Waals surface area contributed by atoms with Crippen LogP contribution in [0.25, 0.3) is 0 Å². The average Bonchev–Trinajstić information content (AvgIpc) is 2.97. The molecule has 0 radical (unpaired) electrons. The SMILES string of the molecule is C=C(C)C(=O)OC(CC)(CC)C1CC1. The first-order chi connectivity index (χ1) is 6.55. The minimum absolute atomic E-state index is 0.212. The van der Waals surface area contributed by atoms with Crippen molar-refractivity contribution in [1.82, 2.24) is 0 Å². The number of rotatable bonds is 5. The van der Waals surface area contributed by atoms with Crippen LogP contribution in [-0.4, -0.2) is 11.6 Å². The lowest BCUT2D eigenvalue weighted by atomic mass is 9.91. The van der Waals surface area contributed by atoms with Crippen LogP contribution in [0.3, 0.4) is 0 Å². The quantitative estimate of drug-likeness (QED) is 0.499. The van der Waals surface area contributed by atoms with Crippen molar-refractivity contribution in [3.8, 4) is 0 Å². The molecule has 0 aromatic heterocycles. The molecule has 0 amide bonds. The summed E-state index contributed by atoms with van der Waals surface area (Å²) < 4.78 is 5.58. The van der Waals surface area contributed by atoms with Gasteiger partial charge in [0.2, 0.25) is 0 Å². The summed E-state index contributed by atoms with van der Waals surface area (Å²) in [6.07, 6.45) is 4.22. The maximum Gasteiger partial charge on any atom is 0.333 e. The molecule has 1 aliphatic rings. The van der Waals surface area contributed by atoms with Gasteiger partial charge in [-0.2, -0.15) is 0 Å². The van der Waals surface area contributed by atoms with E-state index < -0.39 is 0 Å². The van der Waals surface area contributed by atoms with Crippen molar-refractivity contribution in [3.63, 3.8) is 0 Å². The summed E-state index contributed by atoms with van der Waals surface area (Å²) in [5.41, 5.74) is 0.285. The number of ether oxygens (including phenoxy) is 1. The lowest BCUT2D eigenvalue weighted by molar-refractivity contribution is -0.158. The van der Waals surface area contributed by atoms with E-state index in [1.54, 1.807) is 6.92 Å². The van der Waals surface area contributed by atoms with Gasteiger partial charge in [0.15, 0.2) is 0 Å². The van der Waals surface area contributed by atoms with E-state index in [4.69, 9.17) is 4.74 Å². The Morgan fingerprint density at radius 1 is 1.43 bits per heavy atom. The van der Waals surface area contributed by atoms with E-state index in [1.165, 1.54) is 12.8 Å². The van der Waals surface area contributed by atoms with Crippen LogP contribution in [0.1, 0.15) is 46.5 Å². The third-order valence-corrected chi connectivity index (χ3v) is 3.16. The zero-order valence-electron chi connectivity index (χ0n) is 9.43. The highest BCUT2D eigenvalue weighted by atomic mass is 16.6. The molecule has 1 saturated carbocycles. The van der Waals surface area contributed by atoms with E-state index in [0.29, 0.717) is 11.5 Å². The number of hydrogen-bond donors (Lipinski definition) is 0. The Balaban J connectivity index is 2.67. The summed E-state index contributed by atoms with van der Waals surface area (Å²) in [4.78, 5) is 11.5. The molecule has 2 heteroatoms. The normalized spacial score (nSPS) is 16.5. The van der Waals surface area contributed by atoms with E-state index in [0.717, 1.165) is 12.8 Å². The van der Waals surface area contributed by atoms with Crippen molar-refractivity contribution in [2.75, 3.05) is 0 Å². The van der Waals surface area contributed by atoms with Crippen molar-refractivity contribution in [3.05, 3.63) is 12.2 Å². The van der Waals surface area contributed by atoms with Gasteiger partial charge in [0, 0.05) is 5.57 Å². The molecule has 0 aromatic carbocycles. The second-order valence-corrected chi connectivity index (χ2v) is 4.22. The second-order valence-electron chi connectivity index (χ2n) is 4.22. The molecule has 1 aliphatic carbocycles. The maximum absolute atomic E-state index is 11.5. The van der Waals surface area contributed by atoms with Crippen LogP contribution in [0, 0.1) is 5.92 Å². The van der Waals surface area contributed by atoms with E-state index >= 15 is 0 Å². The Hall–Kier alpha value is -0.790. The Bertz CT molecular complexity index is 235. The summed E-state index contributed by atoms with van der Waals surface area (Å²) in [7, 11) is 0. The summed E-state index contributed by atoms with van der Waals surface area (Å²) in [6, 6.07) is 0. The van der Waals surface area contributed by atoms with Crippen LogP contribution in [0.5, 0.6) is 0 Å². The van der Waals surface area contributed by atoms with Crippen LogP contribution < -0.4 is 0 Å². The van der Waals surface area contributed by atoms with Gasteiger partial charge in [-0.3, -0.25) is 0 Å². The van der Waals surface area contributed by atoms with Crippen LogP contribution in [-0.2, 0) is 9.53 Å². The fourth-order valence-corrected chi connectivity index (χ4v) is 1.94. The lowest BCUT2D eigenvalue weighted by Gasteiger charge is -2.31. The number of carbonyl (C=O) groups excluding carboxylic acids is 1. The molecule has 0 heterocycles. The molecule has 14 heavy (non-hydrogen) atoms. The molecular formula is C12H20O2. The molecule has 0 aromatic rings. The van der Waals surface area contributed by atoms with Crippen LogP contribution >= 0.6 is 0 Å². The molecule has 0 atom stereocenters. The van der Waals surface area contributed by atoms with Crippen molar-refractivity contribution in [2.24, 2.45) is 5.92 Å². The maximum atomic E-state index is 11.5. The summed E-state index contributed by atoms with van der Waals surface area (Å²) >= 11 is 0. The molecule has 2 nitrogen and oxygen atoms in total. The lowest BCUT2D eigenvalue weighted by Crippen LogP contribution is -2.36. The molecule has 0 saturated heterocycles. The number of hydrogen-bond acceptors (Lipinski definition) is 2. The average molecular weight is 196 g/mol. The van der Waals surface area contributed by atoms with E-state index in [9.17, 15) is 4.79 Å². The van der Waals surface area contributed by atoms with Gasteiger partial charge in [-0.15, -0.1) is 0 Å². The first-order valence-electron chi connectivity index (χ1n) is 5.44. The van der Waals surface area contributed by atoms with Crippen molar-refractivity contribution in [1.29, 1.82) is 0 Å². The van der Waals surface area contributed by atoms with Gasteiger partial charge >= 0.3 is 5.97 Å². The van der Waals surface area contributed by atoms with Gasteiger partial charge in [0.05, 0.1) is 0 Å². The largest absolute Gasteiger partial charge is 0.455 e. The summed E-state index contributed by atoms with van der Waals surface area (Å²) in [5.74, 6) is 0.349. The van der Waals surface area contributed by atoms with Gasteiger partial charge in [-0.25, -0.2) is 4.79 Å². The molecule has 0 aliphatic heterocycles. The molecule has 0 N–H and O–H groups in total. The first kappa shape index (κ1) is 11.3. The van der Waals surface area contributed by atoms with Crippen LogP contribution in [0.2, 0.25) is 0 Å². The Morgan fingerprint density at radius 2 is 1.93 bits per heavy atom. The van der Waals surface area contributed by atoms with E-state index in [2.05, 4.69) is 20.4 Å². The zero-order valence-corrected chi connectivity index (χ0v) is 9.43. The first-order valence-corrected chi connectivity index (χ1v) is 5.44. The molecule has 1 fully saturated rings.